The lowest BCUT2D eigenvalue weighted by molar-refractivity contribution is -0.183. The van der Waals surface area contributed by atoms with Crippen LogP contribution in [0.5, 0.6) is 0 Å². The molecule has 130 valence electrons. The van der Waals surface area contributed by atoms with E-state index in [0.717, 1.165) is 30.2 Å². The van der Waals surface area contributed by atoms with Gasteiger partial charge in [-0.2, -0.15) is 0 Å². The van der Waals surface area contributed by atoms with Gasteiger partial charge in [0.2, 0.25) is 0 Å². The predicted molar refractivity (Wildman–Crippen MR) is 103 cm³/mol. The molecule has 23 heavy (non-hydrogen) atoms. The maximum absolute atomic E-state index is 5.89. The summed E-state index contributed by atoms with van der Waals surface area (Å²) in [7, 11) is 0. The zero-order valence-electron chi connectivity index (χ0n) is 14.4. The molecular weight excluding hydrogens is 374 g/mol. The summed E-state index contributed by atoms with van der Waals surface area (Å²) in [6, 6.07) is 0. The van der Waals surface area contributed by atoms with E-state index in [9.17, 15) is 0 Å². The molecule has 0 amide bonds. The minimum absolute atomic E-state index is 0.128. The quantitative estimate of drug-likeness (QED) is 0.512. The highest BCUT2D eigenvalue weighted by atomic mass is 79.9. The van der Waals surface area contributed by atoms with Gasteiger partial charge in [-0.05, 0) is 45.3 Å². The Hall–Kier alpha value is -0.0700. The van der Waals surface area contributed by atoms with Crippen LogP contribution in [0.4, 0.5) is 0 Å². The fourth-order valence-electron chi connectivity index (χ4n) is 3.10. The summed E-state index contributed by atoms with van der Waals surface area (Å²) in [6.45, 7) is 16.0. The Bertz CT molecular complexity index is 480. The molecule has 0 aromatic carbocycles. The van der Waals surface area contributed by atoms with Gasteiger partial charge in [-0.3, -0.25) is 4.72 Å². The van der Waals surface area contributed by atoms with Gasteiger partial charge in [-0.15, -0.1) is 0 Å². The van der Waals surface area contributed by atoms with Crippen molar-refractivity contribution in [1.82, 2.24) is 4.72 Å². The summed E-state index contributed by atoms with van der Waals surface area (Å²) in [4.78, 5) is 0. The summed E-state index contributed by atoms with van der Waals surface area (Å²) < 4.78 is 16.5. The molecule has 1 aliphatic heterocycles. The average Bonchev–Trinajstić information content (AvgIpc) is 2.92. The molecule has 0 aromatic rings. The number of rotatable bonds is 5. The van der Waals surface area contributed by atoms with Crippen molar-refractivity contribution < 1.29 is 9.47 Å². The fourth-order valence-corrected chi connectivity index (χ4v) is 4.18. The summed E-state index contributed by atoms with van der Waals surface area (Å²) in [5.74, 6) is -0.366. The Morgan fingerprint density at radius 1 is 1.17 bits per heavy atom. The number of nitrogens with one attached hydrogen (secondary N) is 1. The Kier molecular flexibility index (Phi) is 6.23. The van der Waals surface area contributed by atoms with E-state index in [2.05, 4.69) is 60.7 Å². The third-order valence-corrected chi connectivity index (χ3v) is 5.65. The van der Waals surface area contributed by atoms with Gasteiger partial charge >= 0.3 is 0 Å². The standard InChI is InChI=1S/C18H28BrNO2S/c1-6-15(13-14(2)19)17(20-23-16(3,4)5)7-9-18(10-8-17)21-11-12-22-18/h6,13,20H,1-2,7-12H2,3-5H3/b15-13+. The van der Waals surface area contributed by atoms with Gasteiger partial charge in [0, 0.05) is 22.1 Å². The van der Waals surface area contributed by atoms with Crippen LogP contribution in [0, 0.1) is 0 Å². The van der Waals surface area contributed by atoms with Crippen LogP contribution in [-0.4, -0.2) is 29.3 Å². The van der Waals surface area contributed by atoms with Crippen molar-refractivity contribution >= 4 is 27.9 Å². The Morgan fingerprint density at radius 2 is 1.74 bits per heavy atom. The van der Waals surface area contributed by atoms with E-state index >= 15 is 0 Å². The molecule has 0 unspecified atom stereocenters. The van der Waals surface area contributed by atoms with Crippen LogP contribution in [0.15, 0.2) is 35.4 Å². The van der Waals surface area contributed by atoms with Crippen LogP contribution in [0.2, 0.25) is 0 Å². The molecule has 1 N–H and O–H groups in total. The molecule has 5 heteroatoms. The predicted octanol–water partition coefficient (Wildman–Crippen LogP) is 5.10. The molecular formula is C18H28BrNO2S. The average molecular weight is 402 g/mol. The molecule has 0 radical (unpaired) electrons. The normalized spacial score (nSPS) is 23.9. The van der Waals surface area contributed by atoms with E-state index in [1.807, 2.05) is 6.08 Å². The lowest BCUT2D eigenvalue weighted by Gasteiger charge is -2.45. The summed E-state index contributed by atoms with van der Waals surface area (Å²) >= 11 is 5.23. The van der Waals surface area contributed by atoms with Gasteiger partial charge in [-0.1, -0.05) is 47.1 Å². The third kappa shape index (κ3) is 4.95. The van der Waals surface area contributed by atoms with E-state index in [4.69, 9.17) is 9.47 Å². The molecule has 0 bridgehead atoms. The van der Waals surface area contributed by atoms with Crippen molar-refractivity contribution in [2.75, 3.05) is 13.2 Å². The van der Waals surface area contributed by atoms with Crippen molar-refractivity contribution in [1.29, 1.82) is 0 Å². The molecule has 1 saturated carbocycles. The van der Waals surface area contributed by atoms with Gasteiger partial charge in [-0.25, -0.2) is 0 Å². The molecule has 1 spiro atoms. The van der Waals surface area contributed by atoms with Crippen LogP contribution >= 0.6 is 27.9 Å². The molecule has 3 nitrogen and oxygen atoms in total. The van der Waals surface area contributed by atoms with Crippen molar-refractivity contribution in [3.05, 3.63) is 35.4 Å². The zero-order chi connectivity index (χ0) is 17.1. The number of halogens is 1. The van der Waals surface area contributed by atoms with Crippen LogP contribution < -0.4 is 4.72 Å². The van der Waals surface area contributed by atoms with Crippen LogP contribution in [0.25, 0.3) is 0 Å². The maximum atomic E-state index is 5.89. The molecule has 0 atom stereocenters. The Morgan fingerprint density at radius 3 is 2.17 bits per heavy atom. The first kappa shape index (κ1) is 19.3. The fraction of sp³-hybridized carbons (Fsp3) is 0.667. The summed E-state index contributed by atoms with van der Waals surface area (Å²) in [5.41, 5.74) is 1.04. The molecule has 1 aliphatic carbocycles. The van der Waals surface area contributed by atoms with Crippen molar-refractivity contribution in [3.8, 4) is 0 Å². The van der Waals surface area contributed by atoms with Crippen molar-refractivity contribution in [3.63, 3.8) is 0 Å². The SMILES string of the molecule is C=C/C(=C\C(=C)Br)C1(NSC(C)(C)C)CCC2(CC1)OCCO2. The second-order valence-electron chi connectivity index (χ2n) is 7.26. The van der Waals surface area contributed by atoms with Gasteiger partial charge in [0.05, 0.1) is 18.8 Å². The largest absolute Gasteiger partial charge is 0.348 e. The summed E-state index contributed by atoms with van der Waals surface area (Å²) in [5, 5.41) is 0. The van der Waals surface area contributed by atoms with Gasteiger partial charge < -0.3 is 9.47 Å². The second-order valence-corrected chi connectivity index (χ2v) is 9.91. The maximum Gasteiger partial charge on any atom is 0.168 e. The topological polar surface area (TPSA) is 30.5 Å². The highest BCUT2D eigenvalue weighted by Crippen LogP contribution is 2.45. The van der Waals surface area contributed by atoms with E-state index in [1.165, 1.54) is 5.57 Å². The van der Waals surface area contributed by atoms with E-state index in [-0.39, 0.29) is 16.1 Å². The Labute approximate surface area is 153 Å². The highest BCUT2D eigenvalue weighted by molar-refractivity contribution is 9.11. The molecule has 2 aliphatic rings. The number of hydrogen-bond donors (Lipinski definition) is 1. The molecule has 1 saturated heterocycles. The van der Waals surface area contributed by atoms with Gasteiger partial charge in [0.1, 0.15) is 0 Å². The number of ether oxygens (including phenoxy) is 2. The van der Waals surface area contributed by atoms with E-state index < -0.39 is 0 Å². The van der Waals surface area contributed by atoms with Crippen molar-refractivity contribution in [2.24, 2.45) is 0 Å². The second kappa shape index (κ2) is 7.44. The van der Waals surface area contributed by atoms with E-state index in [1.54, 1.807) is 11.9 Å². The molecule has 2 fully saturated rings. The lowest BCUT2D eigenvalue weighted by atomic mass is 9.74. The number of allylic oxidation sites excluding steroid dienone is 2. The molecule has 1 heterocycles. The molecule has 0 aromatic heterocycles. The lowest BCUT2D eigenvalue weighted by Crippen LogP contribution is -2.51. The summed E-state index contributed by atoms with van der Waals surface area (Å²) in [6.07, 6.45) is 7.70. The Balaban J connectivity index is 2.22. The van der Waals surface area contributed by atoms with Crippen LogP contribution in [0.3, 0.4) is 0 Å². The van der Waals surface area contributed by atoms with E-state index in [0.29, 0.717) is 13.2 Å². The van der Waals surface area contributed by atoms with Gasteiger partial charge in [0.25, 0.3) is 0 Å². The van der Waals surface area contributed by atoms with Crippen LogP contribution in [0.1, 0.15) is 46.5 Å². The van der Waals surface area contributed by atoms with Gasteiger partial charge in [0.15, 0.2) is 5.79 Å². The van der Waals surface area contributed by atoms with Crippen LogP contribution in [-0.2, 0) is 9.47 Å². The van der Waals surface area contributed by atoms with Crippen molar-refractivity contribution in [2.45, 2.75) is 62.5 Å². The third-order valence-electron chi connectivity index (χ3n) is 4.32. The molecule has 2 rings (SSSR count). The monoisotopic (exact) mass is 401 g/mol. The highest BCUT2D eigenvalue weighted by Gasteiger charge is 2.47. The first-order valence-corrected chi connectivity index (χ1v) is 9.73. The minimum atomic E-state index is -0.366. The first-order valence-electron chi connectivity index (χ1n) is 8.12. The first-order chi connectivity index (χ1) is 10.7. The zero-order valence-corrected chi connectivity index (χ0v) is 16.8. The smallest absolute Gasteiger partial charge is 0.168 e. The number of hydrogen-bond acceptors (Lipinski definition) is 4. The minimum Gasteiger partial charge on any atom is -0.348 e.